The van der Waals surface area contributed by atoms with E-state index in [0.29, 0.717) is 26.2 Å². The zero-order chi connectivity index (χ0) is 20.6. The number of carbonyl (C=O) groups excluding carboxylic acids is 1. The molecule has 1 atom stereocenters. The van der Waals surface area contributed by atoms with E-state index in [1.165, 1.54) is 16.4 Å². The number of benzene rings is 2. The molecule has 2 aliphatic heterocycles. The lowest BCUT2D eigenvalue weighted by atomic mass is 9.92. The van der Waals surface area contributed by atoms with Crippen molar-refractivity contribution in [2.75, 3.05) is 32.8 Å². The smallest absolute Gasteiger partial charge is 0.243 e. The number of amides is 1. The second-order valence-electron chi connectivity index (χ2n) is 7.27. The van der Waals surface area contributed by atoms with E-state index in [9.17, 15) is 22.7 Å². The molecule has 1 amide bonds. The first-order chi connectivity index (χ1) is 13.9. The summed E-state index contributed by atoms with van der Waals surface area (Å²) in [4.78, 5) is 14.4. The number of aliphatic hydroxyl groups is 1. The third kappa shape index (κ3) is 3.71. The molecule has 1 N–H and O–H groups in total. The van der Waals surface area contributed by atoms with Crippen molar-refractivity contribution in [2.24, 2.45) is 0 Å². The lowest BCUT2D eigenvalue weighted by Crippen LogP contribution is -2.52. The minimum absolute atomic E-state index is 0.0713. The quantitative estimate of drug-likeness (QED) is 0.754. The first-order valence-corrected chi connectivity index (χ1v) is 10.7. The normalized spacial score (nSPS) is 18.2. The van der Waals surface area contributed by atoms with Crippen molar-refractivity contribution < 1.29 is 22.7 Å². The van der Waals surface area contributed by atoms with E-state index in [4.69, 9.17) is 0 Å². The highest BCUT2D eigenvalue weighted by Crippen LogP contribution is 2.31. The summed E-state index contributed by atoms with van der Waals surface area (Å²) in [5.74, 6) is -1.19. The Hall–Kier alpha value is -2.55. The van der Waals surface area contributed by atoms with Crippen molar-refractivity contribution in [2.45, 2.75) is 10.8 Å². The van der Waals surface area contributed by atoms with Gasteiger partial charge in [-0.15, -0.1) is 0 Å². The average molecular weight is 416 g/mol. The van der Waals surface area contributed by atoms with Gasteiger partial charge < -0.3 is 10.0 Å². The molecule has 0 saturated carbocycles. The van der Waals surface area contributed by atoms with E-state index in [1.807, 2.05) is 30.3 Å². The lowest BCUT2D eigenvalue weighted by molar-refractivity contribution is -0.135. The van der Waals surface area contributed by atoms with Gasteiger partial charge in [0, 0.05) is 26.2 Å². The lowest BCUT2D eigenvalue weighted by Gasteiger charge is -2.42. The van der Waals surface area contributed by atoms with Gasteiger partial charge in [-0.3, -0.25) is 4.79 Å². The fourth-order valence-electron chi connectivity index (χ4n) is 3.55. The zero-order valence-electron chi connectivity index (χ0n) is 15.7. The molecule has 29 heavy (non-hydrogen) atoms. The van der Waals surface area contributed by atoms with Crippen LogP contribution in [0.2, 0.25) is 0 Å². The van der Waals surface area contributed by atoms with Crippen LogP contribution < -0.4 is 0 Å². The predicted molar refractivity (Wildman–Crippen MR) is 105 cm³/mol. The summed E-state index contributed by atoms with van der Waals surface area (Å²) in [6, 6.07) is 14.0. The van der Waals surface area contributed by atoms with Crippen molar-refractivity contribution in [3.63, 3.8) is 0 Å². The number of hydrogen-bond acceptors (Lipinski definition) is 4. The van der Waals surface area contributed by atoms with Crippen LogP contribution in [0.25, 0.3) is 0 Å². The molecule has 2 aromatic carbocycles. The number of sulfonamides is 1. The molecule has 8 heteroatoms. The summed E-state index contributed by atoms with van der Waals surface area (Å²) in [6.45, 7) is 1.25. The molecule has 2 aliphatic rings. The number of nitrogens with zero attached hydrogens (tertiary/aromatic N) is 2. The van der Waals surface area contributed by atoms with Crippen molar-refractivity contribution in [1.82, 2.24) is 9.21 Å². The fourth-order valence-corrected chi connectivity index (χ4v) is 4.98. The van der Waals surface area contributed by atoms with Crippen LogP contribution in [0.1, 0.15) is 11.5 Å². The summed E-state index contributed by atoms with van der Waals surface area (Å²) >= 11 is 0. The molecule has 4 rings (SSSR count). The molecule has 0 aromatic heterocycles. The Morgan fingerprint density at radius 1 is 0.966 bits per heavy atom. The molecule has 0 bridgehead atoms. The molecule has 2 fully saturated rings. The zero-order valence-corrected chi connectivity index (χ0v) is 16.5. The van der Waals surface area contributed by atoms with Gasteiger partial charge in [0.1, 0.15) is 5.82 Å². The largest absolute Gasteiger partial charge is 0.395 e. The number of likely N-dealkylation sites (tertiary alicyclic amines) is 1. The minimum Gasteiger partial charge on any atom is -0.395 e. The molecule has 0 aliphatic carbocycles. The van der Waals surface area contributed by atoms with Crippen LogP contribution in [0.15, 0.2) is 70.6 Å². The average Bonchev–Trinajstić information content (AvgIpc) is 2.64. The Morgan fingerprint density at radius 3 is 2.14 bits per heavy atom. The molecular weight excluding hydrogens is 395 g/mol. The highest BCUT2D eigenvalue weighted by Gasteiger charge is 2.39. The Balaban J connectivity index is 1.37. The standard InChI is InChI=1S/C21H21FN2O4S/c22-18-6-8-19(9-7-18)29(27,28)24-12-17(13-24)16-10-23(11-16)21(26)20(14-25)15-4-2-1-3-5-15/h1-9,20,25H,10-14H2/t20-/m1/s1. The van der Waals surface area contributed by atoms with E-state index in [-0.39, 0.29) is 17.4 Å². The maximum Gasteiger partial charge on any atom is 0.243 e. The first kappa shape index (κ1) is 19.8. The van der Waals surface area contributed by atoms with Crippen molar-refractivity contribution in [1.29, 1.82) is 0 Å². The third-order valence-electron chi connectivity index (χ3n) is 5.44. The van der Waals surface area contributed by atoms with Gasteiger partial charge in [0.05, 0.1) is 17.4 Å². The molecule has 0 radical (unpaired) electrons. The van der Waals surface area contributed by atoms with Gasteiger partial charge in [0.25, 0.3) is 0 Å². The van der Waals surface area contributed by atoms with Gasteiger partial charge in [-0.2, -0.15) is 4.31 Å². The summed E-state index contributed by atoms with van der Waals surface area (Å²) in [5, 5.41) is 9.64. The molecule has 2 saturated heterocycles. The number of halogens is 1. The molecule has 6 nitrogen and oxygen atoms in total. The van der Waals surface area contributed by atoms with Crippen LogP contribution >= 0.6 is 0 Å². The maximum atomic E-state index is 13.0. The third-order valence-corrected chi connectivity index (χ3v) is 7.25. The van der Waals surface area contributed by atoms with Gasteiger partial charge in [-0.25, -0.2) is 12.8 Å². The topological polar surface area (TPSA) is 77.9 Å². The summed E-state index contributed by atoms with van der Waals surface area (Å²) < 4.78 is 39.5. The predicted octanol–water partition coefficient (Wildman–Crippen LogP) is 1.74. The Bertz CT molecular complexity index is 1040. The van der Waals surface area contributed by atoms with E-state index in [2.05, 4.69) is 0 Å². The number of rotatable bonds is 5. The first-order valence-electron chi connectivity index (χ1n) is 9.30. The summed E-state index contributed by atoms with van der Waals surface area (Å²) in [6.07, 6.45) is 0. The second-order valence-corrected chi connectivity index (χ2v) is 9.21. The maximum absolute atomic E-state index is 13.0. The number of aliphatic hydroxyl groups excluding tert-OH is 1. The van der Waals surface area contributed by atoms with E-state index < -0.39 is 21.8 Å². The monoisotopic (exact) mass is 416 g/mol. The SMILES string of the molecule is O=C([C@H](CO)c1ccccc1)N1CC(=C2CN(S(=O)(=O)c3ccc(F)cc3)C2)C1. The number of carbonyl (C=O) groups is 1. The van der Waals surface area contributed by atoms with Crippen molar-refractivity contribution in [3.8, 4) is 0 Å². The molecule has 2 aromatic rings. The van der Waals surface area contributed by atoms with Crippen LogP contribution in [0.3, 0.4) is 0 Å². The minimum atomic E-state index is -3.63. The van der Waals surface area contributed by atoms with Crippen molar-refractivity contribution in [3.05, 3.63) is 77.1 Å². The van der Waals surface area contributed by atoms with Gasteiger partial charge in [-0.05, 0) is 41.0 Å². The molecule has 2 heterocycles. The van der Waals surface area contributed by atoms with Crippen LogP contribution in [0.4, 0.5) is 4.39 Å². The van der Waals surface area contributed by atoms with Gasteiger partial charge in [0.15, 0.2) is 0 Å². The Labute approximate surface area is 168 Å². The van der Waals surface area contributed by atoms with E-state index in [1.54, 1.807) is 4.90 Å². The van der Waals surface area contributed by atoms with E-state index in [0.717, 1.165) is 28.8 Å². The second kappa shape index (κ2) is 7.70. The molecule has 152 valence electrons. The van der Waals surface area contributed by atoms with Crippen molar-refractivity contribution >= 4 is 15.9 Å². The Morgan fingerprint density at radius 2 is 1.55 bits per heavy atom. The van der Waals surface area contributed by atoms with Crippen LogP contribution in [0, 0.1) is 5.82 Å². The van der Waals surface area contributed by atoms with Crippen LogP contribution in [-0.2, 0) is 14.8 Å². The van der Waals surface area contributed by atoms with Crippen LogP contribution in [0.5, 0.6) is 0 Å². The highest BCUT2D eigenvalue weighted by atomic mass is 32.2. The number of hydrogen-bond donors (Lipinski definition) is 1. The van der Waals surface area contributed by atoms with Gasteiger partial charge in [0.2, 0.25) is 15.9 Å². The van der Waals surface area contributed by atoms with Gasteiger partial charge in [-0.1, -0.05) is 30.3 Å². The van der Waals surface area contributed by atoms with Gasteiger partial charge >= 0.3 is 0 Å². The summed E-state index contributed by atoms with van der Waals surface area (Å²) in [7, 11) is -3.63. The molecule has 0 unspecified atom stereocenters. The Kier molecular flexibility index (Phi) is 5.24. The molecule has 0 spiro atoms. The fraction of sp³-hybridized carbons (Fsp3) is 0.286. The highest BCUT2D eigenvalue weighted by molar-refractivity contribution is 7.89. The van der Waals surface area contributed by atoms with Crippen LogP contribution in [-0.4, -0.2) is 61.4 Å². The molecular formula is C21H21FN2O4S. The van der Waals surface area contributed by atoms with E-state index >= 15 is 0 Å². The summed E-state index contributed by atoms with van der Waals surface area (Å²) in [5.41, 5.74) is 2.86.